The van der Waals surface area contributed by atoms with E-state index in [2.05, 4.69) is 26.9 Å². The molecule has 0 unspecified atom stereocenters. The van der Waals surface area contributed by atoms with Gasteiger partial charge in [-0.1, -0.05) is 42.0 Å². The fourth-order valence-corrected chi connectivity index (χ4v) is 3.95. The van der Waals surface area contributed by atoms with Crippen molar-refractivity contribution in [3.05, 3.63) is 76.4 Å². The fourth-order valence-electron chi connectivity index (χ4n) is 3.06. The molecule has 28 heavy (non-hydrogen) atoms. The number of carbonyl (C=O) groups excluding carboxylic acids is 2. The Morgan fingerprint density at radius 3 is 2.64 bits per heavy atom. The third kappa shape index (κ3) is 3.39. The van der Waals surface area contributed by atoms with Crippen LogP contribution in [0, 0.1) is 13.8 Å². The van der Waals surface area contributed by atoms with E-state index in [1.165, 1.54) is 16.9 Å². The molecule has 2 aromatic carbocycles. The van der Waals surface area contributed by atoms with Crippen molar-refractivity contribution in [3.8, 4) is 10.6 Å². The van der Waals surface area contributed by atoms with Crippen LogP contribution in [0.3, 0.4) is 0 Å². The molecule has 2 aromatic heterocycles. The Bertz CT molecular complexity index is 1190. The lowest BCUT2D eigenvalue weighted by atomic mass is 10.1. The highest BCUT2D eigenvalue weighted by molar-refractivity contribution is 7.13. The van der Waals surface area contributed by atoms with E-state index in [9.17, 15) is 9.59 Å². The van der Waals surface area contributed by atoms with Crippen molar-refractivity contribution in [1.82, 2.24) is 20.8 Å². The highest BCUT2D eigenvalue weighted by atomic mass is 32.1. The van der Waals surface area contributed by atoms with Gasteiger partial charge in [-0.05, 0) is 25.5 Å². The highest BCUT2D eigenvalue weighted by Gasteiger charge is 2.16. The molecule has 2 heterocycles. The normalized spacial score (nSPS) is 10.8. The Labute approximate surface area is 165 Å². The number of nitrogens with zero attached hydrogens (tertiary/aromatic N) is 1. The van der Waals surface area contributed by atoms with Gasteiger partial charge in [-0.2, -0.15) is 0 Å². The number of carbonyl (C=O) groups is 2. The molecule has 6 nitrogen and oxygen atoms in total. The van der Waals surface area contributed by atoms with Gasteiger partial charge in [-0.25, -0.2) is 4.98 Å². The van der Waals surface area contributed by atoms with Crippen LogP contribution in [0.2, 0.25) is 0 Å². The van der Waals surface area contributed by atoms with E-state index >= 15 is 0 Å². The molecule has 0 spiro atoms. The number of hydrogen-bond acceptors (Lipinski definition) is 4. The lowest BCUT2D eigenvalue weighted by molar-refractivity contribution is 0.0845. The third-order valence-electron chi connectivity index (χ3n) is 4.47. The second-order valence-electron chi connectivity index (χ2n) is 6.51. The molecule has 0 saturated carbocycles. The van der Waals surface area contributed by atoms with E-state index in [0.29, 0.717) is 5.56 Å². The number of H-pyrrole nitrogens is 1. The summed E-state index contributed by atoms with van der Waals surface area (Å²) in [5.41, 5.74) is 9.75. The maximum atomic E-state index is 12.4. The Morgan fingerprint density at radius 2 is 1.82 bits per heavy atom. The van der Waals surface area contributed by atoms with Gasteiger partial charge in [0.15, 0.2) is 0 Å². The van der Waals surface area contributed by atoms with Gasteiger partial charge in [0.25, 0.3) is 11.8 Å². The number of nitrogens with one attached hydrogen (secondary N) is 3. The molecular weight excluding hydrogens is 372 g/mol. The van der Waals surface area contributed by atoms with Crippen LogP contribution in [0.4, 0.5) is 0 Å². The van der Waals surface area contributed by atoms with Gasteiger partial charge in [0.05, 0.1) is 5.56 Å². The molecule has 140 valence electrons. The summed E-state index contributed by atoms with van der Waals surface area (Å²) in [6.45, 7) is 4.05. The number of hydrazine groups is 1. The molecule has 0 aliphatic rings. The van der Waals surface area contributed by atoms with Crippen LogP contribution in [0.1, 0.15) is 32.0 Å². The minimum absolute atomic E-state index is 0.263. The topological polar surface area (TPSA) is 86.9 Å². The van der Waals surface area contributed by atoms with Gasteiger partial charge in [0, 0.05) is 28.0 Å². The average molecular weight is 390 g/mol. The van der Waals surface area contributed by atoms with Crippen LogP contribution in [0.25, 0.3) is 21.5 Å². The van der Waals surface area contributed by atoms with Crippen molar-refractivity contribution < 1.29 is 9.59 Å². The van der Waals surface area contributed by atoms with Gasteiger partial charge in [0.1, 0.15) is 10.7 Å². The van der Waals surface area contributed by atoms with Crippen molar-refractivity contribution in [3.63, 3.8) is 0 Å². The molecule has 0 aliphatic carbocycles. The van der Waals surface area contributed by atoms with Gasteiger partial charge in [-0.3, -0.25) is 20.4 Å². The molecule has 7 heteroatoms. The van der Waals surface area contributed by atoms with Crippen molar-refractivity contribution in [2.24, 2.45) is 0 Å². The molecule has 0 radical (unpaired) electrons. The number of aromatic amines is 1. The zero-order valence-corrected chi connectivity index (χ0v) is 16.2. The van der Waals surface area contributed by atoms with E-state index < -0.39 is 11.8 Å². The zero-order valence-electron chi connectivity index (χ0n) is 15.4. The maximum Gasteiger partial charge on any atom is 0.289 e. The second-order valence-corrected chi connectivity index (χ2v) is 7.37. The van der Waals surface area contributed by atoms with Crippen LogP contribution in [-0.2, 0) is 0 Å². The third-order valence-corrected chi connectivity index (χ3v) is 5.35. The fraction of sp³-hybridized carbons (Fsp3) is 0.0952. The molecule has 0 fully saturated rings. The highest BCUT2D eigenvalue weighted by Crippen LogP contribution is 2.27. The predicted molar refractivity (Wildman–Crippen MR) is 110 cm³/mol. The number of amides is 2. The number of benzene rings is 2. The minimum Gasteiger partial charge on any atom is -0.360 e. The Morgan fingerprint density at radius 1 is 1.04 bits per heavy atom. The Hall–Kier alpha value is -3.45. The van der Waals surface area contributed by atoms with E-state index in [1.54, 1.807) is 11.6 Å². The van der Waals surface area contributed by atoms with Crippen molar-refractivity contribution in [1.29, 1.82) is 0 Å². The van der Waals surface area contributed by atoms with E-state index in [0.717, 1.165) is 27.0 Å². The molecule has 0 saturated heterocycles. The molecule has 0 aliphatic heterocycles. The first-order valence-corrected chi connectivity index (χ1v) is 9.61. The van der Waals surface area contributed by atoms with Crippen molar-refractivity contribution in [2.45, 2.75) is 13.8 Å². The predicted octanol–water partition coefficient (Wildman–Crippen LogP) is 3.98. The molecule has 0 atom stereocenters. The van der Waals surface area contributed by atoms with E-state index in [4.69, 9.17) is 0 Å². The van der Waals surface area contributed by atoms with Crippen LogP contribution >= 0.6 is 11.3 Å². The van der Waals surface area contributed by atoms with Crippen molar-refractivity contribution in [2.75, 3.05) is 0 Å². The summed E-state index contributed by atoms with van der Waals surface area (Å²) in [6.07, 6.45) is 1.62. The molecule has 4 rings (SSSR count). The Kier molecular flexibility index (Phi) is 4.67. The van der Waals surface area contributed by atoms with Gasteiger partial charge < -0.3 is 4.98 Å². The lowest BCUT2D eigenvalue weighted by Gasteiger charge is -2.05. The number of aromatic nitrogens is 2. The first-order chi connectivity index (χ1) is 13.5. The number of fused-ring (bicyclic) bond motifs is 1. The molecular formula is C21H18N4O2S. The zero-order chi connectivity index (χ0) is 19.7. The number of para-hydroxylation sites is 1. The molecule has 3 N–H and O–H groups in total. The summed E-state index contributed by atoms with van der Waals surface area (Å²) in [5.74, 6) is -0.851. The average Bonchev–Trinajstić information content (AvgIpc) is 3.33. The first kappa shape index (κ1) is 17.9. The summed E-state index contributed by atoms with van der Waals surface area (Å²) in [7, 11) is 0. The van der Waals surface area contributed by atoms with Crippen molar-refractivity contribution >= 4 is 34.1 Å². The van der Waals surface area contributed by atoms with Crippen LogP contribution in [0.5, 0.6) is 0 Å². The summed E-state index contributed by atoms with van der Waals surface area (Å²) in [4.78, 5) is 32.2. The largest absolute Gasteiger partial charge is 0.360 e. The summed E-state index contributed by atoms with van der Waals surface area (Å²) >= 11 is 1.40. The molecule has 4 aromatic rings. The van der Waals surface area contributed by atoms with Gasteiger partial charge >= 0.3 is 0 Å². The molecule has 2 amide bonds. The lowest BCUT2D eigenvalue weighted by Crippen LogP contribution is -2.41. The SMILES string of the molecule is Cc1ccc(-c2nc(C(=O)NNC(=O)c3c[nH]c4ccccc34)cs2)c(C)c1. The number of aryl methyl sites for hydroxylation is 2. The maximum absolute atomic E-state index is 12.4. The van der Waals surface area contributed by atoms with Crippen LogP contribution in [0.15, 0.2) is 54.0 Å². The number of hydrogen-bond donors (Lipinski definition) is 3. The summed E-state index contributed by atoms with van der Waals surface area (Å²) in [6, 6.07) is 13.6. The summed E-state index contributed by atoms with van der Waals surface area (Å²) in [5, 5.41) is 3.24. The smallest absolute Gasteiger partial charge is 0.289 e. The van der Waals surface area contributed by atoms with Crippen LogP contribution < -0.4 is 10.9 Å². The minimum atomic E-state index is -0.458. The van der Waals surface area contributed by atoms with E-state index in [1.807, 2.05) is 50.2 Å². The number of rotatable bonds is 3. The first-order valence-electron chi connectivity index (χ1n) is 8.73. The van der Waals surface area contributed by atoms with Crippen LogP contribution in [-0.4, -0.2) is 21.8 Å². The van der Waals surface area contributed by atoms with E-state index in [-0.39, 0.29) is 5.69 Å². The molecule has 0 bridgehead atoms. The standard InChI is InChI=1S/C21H18N4O2S/c1-12-7-8-14(13(2)9-12)21-23-18(11-28-21)20(27)25-24-19(26)16-10-22-17-6-4-3-5-15(16)17/h3-11,22H,1-2H3,(H,24,26)(H,25,27). The Balaban J connectivity index is 1.46. The second kappa shape index (κ2) is 7.28. The van der Waals surface area contributed by atoms with Gasteiger partial charge in [-0.15, -0.1) is 11.3 Å². The summed E-state index contributed by atoms with van der Waals surface area (Å²) < 4.78 is 0. The monoisotopic (exact) mass is 390 g/mol. The quantitative estimate of drug-likeness (QED) is 0.462. The number of thiazole rings is 1. The van der Waals surface area contributed by atoms with Gasteiger partial charge in [0.2, 0.25) is 0 Å².